The van der Waals surface area contributed by atoms with Crippen LogP contribution in [-0.2, 0) is 0 Å². The zero-order valence-electron chi connectivity index (χ0n) is 11.0. The number of ketones is 1. The van der Waals surface area contributed by atoms with Crippen molar-refractivity contribution in [1.29, 1.82) is 0 Å². The van der Waals surface area contributed by atoms with E-state index in [1.54, 1.807) is 13.0 Å². The summed E-state index contributed by atoms with van der Waals surface area (Å²) in [7, 11) is 2.03. The van der Waals surface area contributed by atoms with Gasteiger partial charge >= 0.3 is 0 Å². The quantitative estimate of drug-likeness (QED) is 0.739. The third-order valence-corrected chi connectivity index (χ3v) is 3.35. The Labute approximate surface area is 109 Å². The standard InChI is InChI=1S/C14H20ClNO/c1-5-10(2)9-16(4)14-7-6-12(11(3)17)8-13(14)15/h6-8,10H,5,9H2,1-4H3. The zero-order valence-corrected chi connectivity index (χ0v) is 11.7. The normalized spacial score (nSPS) is 12.3. The minimum atomic E-state index is 0.0445. The van der Waals surface area contributed by atoms with Crippen LogP contribution in [0.5, 0.6) is 0 Å². The van der Waals surface area contributed by atoms with Crippen LogP contribution in [0.2, 0.25) is 5.02 Å². The Hall–Kier alpha value is -1.02. The fraction of sp³-hybridized carbons (Fsp3) is 0.500. The van der Waals surface area contributed by atoms with Gasteiger partial charge in [-0.3, -0.25) is 4.79 Å². The molecule has 1 rings (SSSR count). The summed E-state index contributed by atoms with van der Waals surface area (Å²) >= 11 is 6.20. The second-order valence-corrected chi connectivity index (χ2v) is 5.02. The number of halogens is 1. The van der Waals surface area contributed by atoms with Gasteiger partial charge in [-0.15, -0.1) is 0 Å². The number of hydrogen-bond donors (Lipinski definition) is 0. The summed E-state index contributed by atoms with van der Waals surface area (Å²) in [6.45, 7) is 6.91. The summed E-state index contributed by atoms with van der Waals surface area (Å²) in [4.78, 5) is 13.4. The number of rotatable bonds is 5. The maximum atomic E-state index is 11.2. The molecular weight excluding hydrogens is 234 g/mol. The predicted octanol–water partition coefficient (Wildman–Crippen LogP) is 4.02. The van der Waals surface area contributed by atoms with Gasteiger partial charge < -0.3 is 4.90 Å². The number of Topliss-reactive ketones (excluding diaryl/α,β-unsaturated/α-hetero) is 1. The van der Waals surface area contributed by atoms with Crippen molar-refractivity contribution in [1.82, 2.24) is 0 Å². The fourth-order valence-corrected chi connectivity index (χ4v) is 2.06. The van der Waals surface area contributed by atoms with E-state index < -0.39 is 0 Å². The monoisotopic (exact) mass is 253 g/mol. The summed E-state index contributed by atoms with van der Waals surface area (Å²) < 4.78 is 0. The lowest BCUT2D eigenvalue weighted by Gasteiger charge is -2.24. The van der Waals surface area contributed by atoms with Crippen LogP contribution in [0.4, 0.5) is 5.69 Å². The summed E-state index contributed by atoms with van der Waals surface area (Å²) in [5, 5.41) is 0.642. The number of benzene rings is 1. The number of carbonyl (C=O) groups excluding carboxylic acids is 1. The van der Waals surface area contributed by atoms with Crippen LogP contribution in [0.3, 0.4) is 0 Å². The first-order valence-electron chi connectivity index (χ1n) is 5.97. The zero-order chi connectivity index (χ0) is 13.0. The molecule has 0 aliphatic carbocycles. The molecule has 3 heteroatoms. The van der Waals surface area contributed by atoms with Crippen LogP contribution in [0.15, 0.2) is 18.2 Å². The smallest absolute Gasteiger partial charge is 0.159 e. The van der Waals surface area contributed by atoms with Crippen molar-refractivity contribution >= 4 is 23.1 Å². The molecule has 0 spiro atoms. The van der Waals surface area contributed by atoms with Gasteiger partial charge in [0, 0.05) is 19.2 Å². The van der Waals surface area contributed by atoms with E-state index >= 15 is 0 Å². The molecule has 0 bridgehead atoms. The van der Waals surface area contributed by atoms with Crippen LogP contribution in [0.1, 0.15) is 37.6 Å². The van der Waals surface area contributed by atoms with Gasteiger partial charge in [-0.05, 0) is 31.0 Å². The molecule has 0 saturated heterocycles. The summed E-state index contributed by atoms with van der Waals surface area (Å²) in [5.41, 5.74) is 1.65. The van der Waals surface area contributed by atoms with E-state index in [-0.39, 0.29) is 5.78 Å². The first-order chi connectivity index (χ1) is 7.95. The Morgan fingerprint density at radius 2 is 2.12 bits per heavy atom. The van der Waals surface area contributed by atoms with Crippen LogP contribution < -0.4 is 4.90 Å². The summed E-state index contributed by atoms with van der Waals surface area (Å²) in [6.07, 6.45) is 1.15. The lowest BCUT2D eigenvalue weighted by molar-refractivity contribution is 0.101. The Bertz CT molecular complexity index is 403. The first kappa shape index (κ1) is 14.0. The van der Waals surface area contributed by atoms with E-state index in [1.165, 1.54) is 0 Å². The lowest BCUT2D eigenvalue weighted by Crippen LogP contribution is -2.23. The Balaban J connectivity index is 2.88. The van der Waals surface area contributed by atoms with E-state index in [2.05, 4.69) is 18.7 Å². The average Bonchev–Trinajstić information content (AvgIpc) is 2.28. The topological polar surface area (TPSA) is 20.3 Å². The minimum Gasteiger partial charge on any atom is -0.373 e. The number of nitrogens with zero attached hydrogens (tertiary/aromatic N) is 1. The molecule has 1 unspecified atom stereocenters. The van der Waals surface area contributed by atoms with Gasteiger partial charge in [0.1, 0.15) is 0 Å². The number of anilines is 1. The van der Waals surface area contributed by atoms with Crippen LogP contribution in [0.25, 0.3) is 0 Å². The van der Waals surface area contributed by atoms with Crippen LogP contribution in [0, 0.1) is 5.92 Å². The first-order valence-corrected chi connectivity index (χ1v) is 6.35. The van der Waals surface area contributed by atoms with Gasteiger partial charge in [0.05, 0.1) is 10.7 Å². The molecule has 0 N–H and O–H groups in total. The maximum absolute atomic E-state index is 11.2. The van der Waals surface area contributed by atoms with E-state index in [4.69, 9.17) is 11.6 Å². The van der Waals surface area contributed by atoms with E-state index in [0.717, 1.165) is 18.7 Å². The molecule has 94 valence electrons. The molecule has 1 aromatic rings. The largest absolute Gasteiger partial charge is 0.373 e. The van der Waals surface area contributed by atoms with Crippen LogP contribution in [-0.4, -0.2) is 19.4 Å². The van der Waals surface area contributed by atoms with Gasteiger partial charge in [-0.1, -0.05) is 31.9 Å². The van der Waals surface area contributed by atoms with E-state index in [0.29, 0.717) is 16.5 Å². The van der Waals surface area contributed by atoms with Crippen molar-refractivity contribution in [3.05, 3.63) is 28.8 Å². The maximum Gasteiger partial charge on any atom is 0.159 e. The number of hydrogen-bond acceptors (Lipinski definition) is 2. The predicted molar refractivity (Wildman–Crippen MR) is 74.2 cm³/mol. The van der Waals surface area contributed by atoms with Crippen molar-refractivity contribution in [3.63, 3.8) is 0 Å². The second-order valence-electron chi connectivity index (χ2n) is 4.62. The SMILES string of the molecule is CCC(C)CN(C)c1ccc(C(C)=O)cc1Cl. The Morgan fingerprint density at radius 1 is 1.47 bits per heavy atom. The number of carbonyl (C=O) groups is 1. The Kier molecular flexibility index (Phi) is 5.01. The van der Waals surface area contributed by atoms with Crippen molar-refractivity contribution in [2.45, 2.75) is 27.2 Å². The molecule has 0 aromatic heterocycles. The minimum absolute atomic E-state index is 0.0445. The molecular formula is C14H20ClNO. The molecule has 17 heavy (non-hydrogen) atoms. The molecule has 0 aliphatic heterocycles. The van der Waals surface area contributed by atoms with Gasteiger partial charge in [-0.25, -0.2) is 0 Å². The highest BCUT2D eigenvalue weighted by molar-refractivity contribution is 6.33. The van der Waals surface area contributed by atoms with Gasteiger partial charge in [0.25, 0.3) is 0 Å². The highest BCUT2D eigenvalue weighted by Gasteiger charge is 2.10. The second kappa shape index (κ2) is 6.06. The van der Waals surface area contributed by atoms with Crippen molar-refractivity contribution in [3.8, 4) is 0 Å². The average molecular weight is 254 g/mol. The van der Waals surface area contributed by atoms with Crippen molar-refractivity contribution in [2.24, 2.45) is 5.92 Å². The molecule has 0 aliphatic rings. The third kappa shape index (κ3) is 3.74. The lowest BCUT2D eigenvalue weighted by atomic mass is 10.1. The fourth-order valence-electron chi connectivity index (χ4n) is 1.73. The highest BCUT2D eigenvalue weighted by Crippen LogP contribution is 2.27. The molecule has 0 saturated carbocycles. The van der Waals surface area contributed by atoms with Crippen LogP contribution >= 0.6 is 11.6 Å². The van der Waals surface area contributed by atoms with Crippen molar-refractivity contribution in [2.75, 3.05) is 18.5 Å². The molecule has 1 atom stereocenters. The third-order valence-electron chi connectivity index (χ3n) is 3.05. The van der Waals surface area contributed by atoms with E-state index in [1.807, 2.05) is 19.2 Å². The van der Waals surface area contributed by atoms with E-state index in [9.17, 15) is 4.79 Å². The molecule has 0 amide bonds. The molecule has 1 aromatic carbocycles. The van der Waals surface area contributed by atoms with Crippen molar-refractivity contribution < 1.29 is 4.79 Å². The molecule has 2 nitrogen and oxygen atoms in total. The van der Waals surface area contributed by atoms with Gasteiger partial charge in [-0.2, -0.15) is 0 Å². The van der Waals surface area contributed by atoms with Gasteiger partial charge in [0.2, 0.25) is 0 Å². The molecule has 0 radical (unpaired) electrons. The molecule has 0 heterocycles. The molecule has 0 fully saturated rings. The summed E-state index contributed by atoms with van der Waals surface area (Å²) in [5.74, 6) is 0.673. The van der Waals surface area contributed by atoms with Gasteiger partial charge in [0.15, 0.2) is 5.78 Å². The Morgan fingerprint density at radius 3 is 2.59 bits per heavy atom. The summed E-state index contributed by atoms with van der Waals surface area (Å²) in [6, 6.07) is 5.49. The highest BCUT2D eigenvalue weighted by atomic mass is 35.5.